The lowest BCUT2D eigenvalue weighted by atomic mass is 10.2. The van der Waals surface area contributed by atoms with Gasteiger partial charge in [0.2, 0.25) is 0 Å². The van der Waals surface area contributed by atoms with E-state index in [0.717, 1.165) is 6.42 Å². The smallest absolute Gasteiger partial charge is 0.318 e. The molecule has 0 bridgehead atoms. The highest BCUT2D eigenvalue weighted by Gasteiger charge is 2.19. The summed E-state index contributed by atoms with van der Waals surface area (Å²) in [5.74, 6) is 0. The van der Waals surface area contributed by atoms with Gasteiger partial charge >= 0.3 is 6.03 Å². The molecule has 0 aromatic carbocycles. The lowest BCUT2D eigenvalue weighted by Crippen LogP contribution is -2.46. The van der Waals surface area contributed by atoms with Gasteiger partial charge in [0, 0.05) is 28.4 Å². The molecule has 0 aliphatic heterocycles. The first-order valence-electron chi connectivity index (χ1n) is 7.17. The van der Waals surface area contributed by atoms with Gasteiger partial charge in [0.05, 0.1) is 6.54 Å². The predicted octanol–water partition coefficient (Wildman–Crippen LogP) is 3.14. The number of hydrogen-bond acceptors (Lipinski definition) is 3. The Kier molecular flexibility index (Phi) is 7.02. The van der Waals surface area contributed by atoms with Crippen molar-refractivity contribution < 1.29 is 9.90 Å². The van der Waals surface area contributed by atoms with Gasteiger partial charge in [-0.05, 0) is 52.7 Å². The molecule has 0 saturated carbocycles. The number of aliphatic hydroxyl groups excluding tert-OH is 1. The Bertz CT molecular complexity index is 418. The van der Waals surface area contributed by atoms with Crippen molar-refractivity contribution in [1.29, 1.82) is 0 Å². The molecule has 2 N–H and O–H groups in total. The second kappa shape index (κ2) is 8.27. The van der Waals surface area contributed by atoms with E-state index in [0.29, 0.717) is 13.0 Å². The third-order valence-electron chi connectivity index (χ3n) is 3.17. The fraction of sp³-hybridized carbons (Fsp3) is 0.667. The van der Waals surface area contributed by atoms with Crippen LogP contribution in [-0.4, -0.2) is 34.7 Å². The van der Waals surface area contributed by atoms with Gasteiger partial charge in [-0.1, -0.05) is 0 Å². The van der Waals surface area contributed by atoms with Gasteiger partial charge in [-0.3, -0.25) is 0 Å². The molecule has 114 valence electrons. The van der Waals surface area contributed by atoms with Crippen LogP contribution in [-0.2, 0) is 6.54 Å². The van der Waals surface area contributed by atoms with Gasteiger partial charge < -0.3 is 15.3 Å². The minimum Gasteiger partial charge on any atom is -0.396 e. The van der Waals surface area contributed by atoms with E-state index in [4.69, 9.17) is 5.11 Å². The highest BCUT2D eigenvalue weighted by molar-refractivity contribution is 7.11. The third-order valence-corrected chi connectivity index (χ3v) is 4.16. The van der Waals surface area contributed by atoms with E-state index in [1.165, 1.54) is 9.75 Å². The van der Waals surface area contributed by atoms with Crippen molar-refractivity contribution >= 4 is 17.4 Å². The van der Waals surface area contributed by atoms with Gasteiger partial charge in [-0.25, -0.2) is 4.79 Å². The minimum atomic E-state index is -0.0310. The van der Waals surface area contributed by atoms with Gasteiger partial charge in [0.15, 0.2) is 0 Å². The standard InChI is InChI=1S/C15H26N2O2S/c1-11(2)17(10-14-8-7-13(4)20-14)15(19)16-12(3)6-5-9-18/h7-8,11-12,18H,5-6,9-10H2,1-4H3,(H,16,19). The van der Waals surface area contributed by atoms with Crippen molar-refractivity contribution in [3.05, 3.63) is 21.9 Å². The molecule has 1 aromatic heterocycles. The van der Waals surface area contributed by atoms with Crippen LogP contribution in [0.3, 0.4) is 0 Å². The highest BCUT2D eigenvalue weighted by atomic mass is 32.1. The van der Waals surface area contributed by atoms with Gasteiger partial charge in [0.25, 0.3) is 0 Å². The van der Waals surface area contributed by atoms with E-state index < -0.39 is 0 Å². The van der Waals surface area contributed by atoms with E-state index in [2.05, 4.69) is 24.4 Å². The molecular formula is C15H26N2O2S. The zero-order valence-electron chi connectivity index (χ0n) is 12.8. The monoisotopic (exact) mass is 298 g/mol. The van der Waals surface area contributed by atoms with E-state index in [1.807, 2.05) is 25.7 Å². The summed E-state index contributed by atoms with van der Waals surface area (Å²) in [6.45, 7) is 8.92. The molecule has 0 fully saturated rings. The Morgan fingerprint density at radius 2 is 2.10 bits per heavy atom. The Morgan fingerprint density at radius 3 is 2.60 bits per heavy atom. The van der Waals surface area contributed by atoms with E-state index in [9.17, 15) is 4.79 Å². The van der Waals surface area contributed by atoms with Crippen molar-refractivity contribution in [2.24, 2.45) is 0 Å². The summed E-state index contributed by atoms with van der Waals surface area (Å²) in [5.41, 5.74) is 0. The molecule has 1 aromatic rings. The number of thiophene rings is 1. The molecular weight excluding hydrogens is 272 g/mol. The van der Waals surface area contributed by atoms with E-state index in [1.54, 1.807) is 11.3 Å². The second-order valence-electron chi connectivity index (χ2n) is 5.45. The number of nitrogens with zero attached hydrogens (tertiary/aromatic N) is 1. The second-order valence-corrected chi connectivity index (χ2v) is 6.82. The molecule has 1 unspecified atom stereocenters. The van der Waals surface area contributed by atoms with Crippen LogP contribution in [0.25, 0.3) is 0 Å². The summed E-state index contributed by atoms with van der Waals surface area (Å²) in [4.78, 5) is 16.6. The van der Waals surface area contributed by atoms with Crippen LogP contribution < -0.4 is 5.32 Å². The van der Waals surface area contributed by atoms with Crippen LogP contribution in [0.5, 0.6) is 0 Å². The first kappa shape index (κ1) is 17.0. The van der Waals surface area contributed by atoms with Crippen molar-refractivity contribution in [3.63, 3.8) is 0 Å². The van der Waals surface area contributed by atoms with Crippen LogP contribution in [0, 0.1) is 6.92 Å². The third kappa shape index (κ3) is 5.51. The molecule has 1 atom stereocenters. The minimum absolute atomic E-state index is 0.0310. The number of urea groups is 1. The summed E-state index contributed by atoms with van der Waals surface area (Å²) in [6, 6.07) is 4.37. The normalized spacial score (nSPS) is 12.5. The SMILES string of the molecule is Cc1ccc(CN(C(=O)NC(C)CCCO)C(C)C)s1. The fourth-order valence-electron chi connectivity index (χ4n) is 1.99. The number of rotatable bonds is 7. The van der Waals surface area contributed by atoms with Crippen LogP contribution in [0.1, 0.15) is 43.4 Å². The average molecular weight is 298 g/mol. The summed E-state index contributed by atoms with van der Waals surface area (Å²) in [7, 11) is 0. The summed E-state index contributed by atoms with van der Waals surface area (Å²) in [5, 5.41) is 11.8. The molecule has 0 radical (unpaired) electrons. The molecule has 0 spiro atoms. The molecule has 0 aliphatic rings. The van der Waals surface area contributed by atoms with Crippen LogP contribution in [0.2, 0.25) is 0 Å². The molecule has 4 nitrogen and oxygen atoms in total. The van der Waals surface area contributed by atoms with Crippen molar-refractivity contribution in [2.75, 3.05) is 6.61 Å². The van der Waals surface area contributed by atoms with Crippen LogP contribution in [0.4, 0.5) is 4.79 Å². The molecule has 1 rings (SSSR count). The number of amides is 2. The predicted molar refractivity (Wildman–Crippen MR) is 84.0 cm³/mol. The Balaban J connectivity index is 2.58. The first-order valence-corrected chi connectivity index (χ1v) is 7.99. The number of hydrogen-bond donors (Lipinski definition) is 2. The average Bonchev–Trinajstić information content (AvgIpc) is 2.78. The maximum Gasteiger partial charge on any atom is 0.318 e. The van der Waals surface area contributed by atoms with Gasteiger partial charge in [-0.15, -0.1) is 11.3 Å². The zero-order chi connectivity index (χ0) is 15.1. The first-order chi connectivity index (χ1) is 9.43. The maximum absolute atomic E-state index is 12.3. The van der Waals surface area contributed by atoms with Crippen LogP contribution in [0.15, 0.2) is 12.1 Å². The van der Waals surface area contributed by atoms with Crippen molar-refractivity contribution in [2.45, 2.75) is 59.2 Å². The molecule has 2 amide bonds. The lowest BCUT2D eigenvalue weighted by molar-refractivity contribution is 0.175. The number of carbonyl (C=O) groups is 1. The Morgan fingerprint density at radius 1 is 1.40 bits per heavy atom. The largest absolute Gasteiger partial charge is 0.396 e. The number of aryl methyl sites for hydroxylation is 1. The van der Waals surface area contributed by atoms with Gasteiger partial charge in [-0.2, -0.15) is 0 Å². The summed E-state index contributed by atoms with van der Waals surface area (Å²) < 4.78 is 0. The maximum atomic E-state index is 12.3. The highest BCUT2D eigenvalue weighted by Crippen LogP contribution is 2.18. The quantitative estimate of drug-likeness (QED) is 0.812. The lowest BCUT2D eigenvalue weighted by Gasteiger charge is -2.28. The fourth-order valence-corrected chi connectivity index (χ4v) is 2.88. The number of carbonyl (C=O) groups excluding carboxylic acids is 1. The Labute approximate surface area is 125 Å². The molecule has 5 heteroatoms. The van der Waals surface area contributed by atoms with Crippen molar-refractivity contribution in [1.82, 2.24) is 10.2 Å². The molecule has 0 aliphatic carbocycles. The van der Waals surface area contributed by atoms with Gasteiger partial charge in [0.1, 0.15) is 0 Å². The summed E-state index contributed by atoms with van der Waals surface area (Å²) >= 11 is 1.73. The molecule has 1 heterocycles. The number of aliphatic hydroxyl groups is 1. The zero-order valence-corrected chi connectivity index (χ0v) is 13.7. The Hall–Kier alpha value is -1.07. The van der Waals surface area contributed by atoms with E-state index >= 15 is 0 Å². The van der Waals surface area contributed by atoms with Crippen LogP contribution >= 0.6 is 11.3 Å². The molecule has 20 heavy (non-hydrogen) atoms. The summed E-state index contributed by atoms with van der Waals surface area (Å²) in [6.07, 6.45) is 1.51. The topological polar surface area (TPSA) is 52.6 Å². The number of nitrogens with one attached hydrogen (secondary N) is 1. The van der Waals surface area contributed by atoms with Crippen molar-refractivity contribution in [3.8, 4) is 0 Å². The van der Waals surface area contributed by atoms with E-state index in [-0.39, 0.29) is 24.7 Å². The molecule has 0 saturated heterocycles.